The van der Waals surface area contributed by atoms with Crippen LogP contribution < -0.4 is 0 Å². The number of hydrogen-bond donors (Lipinski definition) is 0. The summed E-state index contributed by atoms with van der Waals surface area (Å²) in [6.07, 6.45) is 1.10. The molecule has 0 saturated heterocycles. The Labute approximate surface area is 96.8 Å². The second kappa shape index (κ2) is 4.52. The van der Waals surface area contributed by atoms with Gasteiger partial charge in [0.2, 0.25) is 5.28 Å². The highest BCUT2D eigenvalue weighted by atomic mass is 35.5. The van der Waals surface area contributed by atoms with Crippen LogP contribution in [0.5, 0.6) is 0 Å². The van der Waals surface area contributed by atoms with Gasteiger partial charge in [-0.1, -0.05) is 34.6 Å². The van der Waals surface area contributed by atoms with Crippen molar-refractivity contribution in [3.05, 3.63) is 11.1 Å². The molecule has 1 aromatic rings. The molecule has 0 N–H and O–H groups in total. The lowest BCUT2D eigenvalue weighted by molar-refractivity contribution is 0.458. The maximum absolute atomic E-state index is 6.02. The Kier molecular flexibility index (Phi) is 3.77. The van der Waals surface area contributed by atoms with Crippen molar-refractivity contribution in [1.29, 1.82) is 0 Å². The van der Waals surface area contributed by atoms with Gasteiger partial charge >= 0.3 is 0 Å². The minimum atomic E-state index is -0.00286. The Bertz CT molecular complexity index is 323. The van der Waals surface area contributed by atoms with Crippen molar-refractivity contribution in [3.8, 4) is 0 Å². The van der Waals surface area contributed by atoms with Crippen molar-refractivity contribution in [2.75, 3.05) is 0 Å². The molecular weight excluding hydrogens is 210 g/mol. The molecule has 0 unspecified atom stereocenters. The fourth-order valence-corrected chi connectivity index (χ4v) is 1.63. The molecule has 15 heavy (non-hydrogen) atoms. The van der Waals surface area contributed by atoms with Crippen molar-refractivity contribution < 1.29 is 0 Å². The Morgan fingerprint density at radius 1 is 1.27 bits per heavy atom. The van der Waals surface area contributed by atoms with Gasteiger partial charge in [-0.15, -0.1) is 10.2 Å². The molecular formula is C11H20ClN3. The fourth-order valence-electron chi connectivity index (χ4n) is 1.42. The van der Waals surface area contributed by atoms with Gasteiger partial charge in [0.25, 0.3) is 0 Å². The number of hydrogen-bond acceptors (Lipinski definition) is 2. The number of aromatic nitrogens is 3. The van der Waals surface area contributed by atoms with Crippen molar-refractivity contribution in [1.82, 2.24) is 14.8 Å². The average Bonchev–Trinajstić information content (AvgIpc) is 2.42. The highest BCUT2D eigenvalue weighted by Crippen LogP contribution is 2.23. The molecule has 0 aromatic carbocycles. The highest BCUT2D eigenvalue weighted by Gasteiger charge is 2.22. The topological polar surface area (TPSA) is 30.7 Å². The third-order valence-electron chi connectivity index (χ3n) is 2.31. The zero-order valence-corrected chi connectivity index (χ0v) is 11.0. The minimum absolute atomic E-state index is 0.00286. The van der Waals surface area contributed by atoms with Gasteiger partial charge in [-0.05, 0) is 23.9 Å². The second-order valence-corrected chi connectivity index (χ2v) is 5.71. The van der Waals surface area contributed by atoms with Crippen molar-refractivity contribution >= 4 is 11.6 Å². The molecule has 3 nitrogen and oxygen atoms in total. The van der Waals surface area contributed by atoms with Crippen LogP contribution in [0.1, 0.15) is 46.9 Å². The Morgan fingerprint density at radius 2 is 1.87 bits per heavy atom. The van der Waals surface area contributed by atoms with Crippen LogP contribution >= 0.6 is 11.6 Å². The lowest BCUT2D eigenvalue weighted by Crippen LogP contribution is -2.19. The summed E-state index contributed by atoms with van der Waals surface area (Å²) >= 11 is 6.02. The summed E-state index contributed by atoms with van der Waals surface area (Å²) in [5, 5.41) is 8.59. The normalized spacial score (nSPS) is 12.5. The molecule has 1 aromatic heterocycles. The molecule has 0 radical (unpaired) electrons. The molecule has 86 valence electrons. The van der Waals surface area contributed by atoms with E-state index in [4.69, 9.17) is 11.6 Å². The zero-order chi connectivity index (χ0) is 11.6. The lowest BCUT2D eigenvalue weighted by Gasteiger charge is -2.19. The molecule has 4 heteroatoms. The maximum Gasteiger partial charge on any atom is 0.225 e. The van der Waals surface area contributed by atoms with E-state index in [0.717, 1.165) is 18.8 Å². The van der Waals surface area contributed by atoms with Crippen molar-refractivity contribution in [3.63, 3.8) is 0 Å². The first kappa shape index (κ1) is 12.5. The summed E-state index contributed by atoms with van der Waals surface area (Å²) < 4.78 is 2.02. The van der Waals surface area contributed by atoms with Gasteiger partial charge in [0.1, 0.15) is 5.82 Å². The van der Waals surface area contributed by atoms with Gasteiger partial charge in [0, 0.05) is 12.0 Å². The zero-order valence-electron chi connectivity index (χ0n) is 10.2. The summed E-state index contributed by atoms with van der Waals surface area (Å²) in [6, 6.07) is 0. The van der Waals surface area contributed by atoms with E-state index in [1.54, 1.807) is 0 Å². The van der Waals surface area contributed by atoms with E-state index >= 15 is 0 Å². The summed E-state index contributed by atoms with van der Waals surface area (Å²) in [5.41, 5.74) is -0.00286. The molecule has 0 aliphatic carbocycles. The maximum atomic E-state index is 6.02. The fraction of sp³-hybridized carbons (Fsp3) is 0.818. The smallest absolute Gasteiger partial charge is 0.225 e. The van der Waals surface area contributed by atoms with Crippen LogP contribution in [-0.4, -0.2) is 14.8 Å². The molecule has 0 atom stereocenters. The first-order valence-corrected chi connectivity index (χ1v) is 5.79. The first-order chi connectivity index (χ1) is 6.82. The summed E-state index contributed by atoms with van der Waals surface area (Å²) in [7, 11) is 0. The number of rotatable bonds is 3. The quantitative estimate of drug-likeness (QED) is 0.797. The number of halogens is 1. The molecule has 0 saturated carbocycles. The van der Waals surface area contributed by atoms with E-state index in [-0.39, 0.29) is 5.41 Å². The largest absolute Gasteiger partial charge is 0.301 e. The standard InChI is InChI=1S/C11H20ClN3/c1-8(2)6-7-15-9(11(3,4)5)13-14-10(15)12/h8H,6-7H2,1-5H3. The van der Waals surface area contributed by atoms with Crippen molar-refractivity contribution in [2.24, 2.45) is 5.92 Å². The van der Waals surface area contributed by atoms with Crippen LogP contribution in [0, 0.1) is 5.92 Å². The monoisotopic (exact) mass is 229 g/mol. The SMILES string of the molecule is CC(C)CCn1c(Cl)nnc1C(C)(C)C. The van der Waals surface area contributed by atoms with E-state index in [1.165, 1.54) is 0 Å². The number of nitrogens with zero attached hydrogens (tertiary/aromatic N) is 3. The third kappa shape index (κ3) is 3.20. The van der Waals surface area contributed by atoms with Gasteiger partial charge in [-0.2, -0.15) is 0 Å². The van der Waals surface area contributed by atoms with Crippen LogP contribution in [0.25, 0.3) is 0 Å². The van der Waals surface area contributed by atoms with Crippen LogP contribution in [0.15, 0.2) is 0 Å². The summed E-state index contributed by atoms with van der Waals surface area (Å²) in [6.45, 7) is 11.7. The molecule has 0 aliphatic heterocycles. The molecule has 0 amide bonds. The minimum Gasteiger partial charge on any atom is -0.301 e. The highest BCUT2D eigenvalue weighted by molar-refractivity contribution is 6.28. The predicted octanol–water partition coefficient (Wildman–Crippen LogP) is 3.28. The molecule has 1 rings (SSSR count). The van der Waals surface area contributed by atoms with E-state index in [9.17, 15) is 0 Å². The van der Waals surface area contributed by atoms with E-state index in [1.807, 2.05) is 4.57 Å². The molecule has 0 bridgehead atoms. The van der Waals surface area contributed by atoms with E-state index in [0.29, 0.717) is 11.2 Å². The molecule has 0 aliphatic rings. The van der Waals surface area contributed by atoms with Gasteiger partial charge in [-0.3, -0.25) is 0 Å². The van der Waals surface area contributed by atoms with E-state index < -0.39 is 0 Å². The second-order valence-electron chi connectivity index (χ2n) is 5.38. The van der Waals surface area contributed by atoms with Gasteiger partial charge in [0.05, 0.1) is 0 Å². The molecule has 0 fully saturated rings. The predicted molar refractivity (Wildman–Crippen MR) is 63.2 cm³/mol. The summed E-state index contributed by atoms with van der Waals surface area (Å²) in [5.74, 6) is 1.63. The Morgan fingerprint density at radius 3 is 2.33 bits per heavy atom. The van der Waals surface area contributed by atoms with Crippen LogP contribution in [0.4, 0.5) is 0 Å². The van der Waals surface area contributed by atoms with Crippen LogP contribution in [0.2, 0.25) is 5.28 Å². The Hall–Kier alpha value is -0.570. The third-order valence-corrected chi connectivity index (χ3v) is 2.59. The van der Waals surface area contributed by atoms with Crippen LogP contribution in [0.3, 0.4) is 0 Å². The van der Waals surface area contributed by atoms with Crippen LogP contribution in [-0.2, 0) is 12.0 Å². The molecule has 1 heterocycles. The van der Waals surface area contributed by atoms with Gasteiger partial charge < -0.3 is 4.57 Å². The van der Waals surface area contributed by atoms with Gasteiger partial charge in [0.15, 0.2) is 0 Å². The molecule has 0 spiro atoms. The first-order valence-electron chi connectivity index (χ1n) is 5.41. The van der Waals surface area contributed by atoms with Crippen molar-refractivity contribution in [2.45, 2.75) is 53.0 Å². The Balaban J connectivity index is 2.90. The summed E-state index contributed by atoms with van der Waals surface area (Å²) in [4.78, 5) is 0. The lowest BCUT2D eigenvalue weighted by atomic mass is 9.95. The average molecular weight is 230 g/mol. The van der Waals surface area contributed by atoms with Gasteiger partial charge in [-0.25, -0.2) is 0 Å². The van der Waals surface area contributed by atoms with E-state index in [2.05, 4.69) is 44.8 Å².